The molecule has 5 rings (SSSR count). The summed E-state index contributed by atoms with van der Waals surface area (Å²) in [5.41, 5.74) is 4.23. The fourth-order valence-corrected chi connectivity index (χ4v) is 3.70. The predicted octanol–water partition coefficient (Wildman–Crippen LogP) is 7.12. The second-order valence-corrected chi connectivity index (χ2v) is 7.13. The molecule has 0 spiro atoms. The van der Waals surface area contributed by atoms with Crippen molar-refractivity contribution in [1.29, 1.82) is 0 Å². The number of aromatic nitrogens is 2. The first-order chi connectivity index (χ1) is 14.9. The van der Waals surface area contributed by atoms with E-state index in [0.29, 0.717) is 0 Å². The molecule has 0 radical (unpaired) electrons. The van der Waals surface area contributed by atoms with Crippen molar-refractivity contribution in [3.05, 3.63) is 120 Å². The lowest BCUT2D eigenvalue weighted by atomic mass is 10.0. The first-order valence-corrected chi connectivity index (χ1v) is 10.0. The number of hydrogen-bond donors (Lipinski definition) is 0. The second-order valence-electron chi connectivity index (χ2n) is 7.13. The summed E-state index contributed by atoms with van der Waals surface area (Å²) in [7, 11) is 0. The number of rotatable bonds is 4. The highest BCUT2D eigenvalue weighted by atomic mass is 14.7. The van der Waals surface area contributed by atoms with Crippen LogP contribution in [0.4, 0.5) is 0 Å². The Morgan fingerprint density at radius 1 is 0.433 bits per heavy atom. The minimum Gasteiger partial charge on any atom is -0.256 e. The van der Waals surface area contributed by atoms with Crippen LogP contribution < -0.4 is 0 Å². The van der Waals surface area contributed by atoms with E-state index in [4.69, 9.17) is 0 Å². The predicted molar refractivity (Wildman–Crippen MR) is 128 cm³/mol. The van der Waals surface area contributed by atoms with Gasteiger partial charge in [0.25, 0.3) is 0 Å². The van der Waals surface area contributed by atoms with E-state index in [1.54, 1.807) is 0 Å². The fraction of sp³-hybridized carbons (Fsp3) is 0. The summed E-state index contributed by atoms with van der Waals surface area (Å²) in [6, 6.07) is 29.1. The lowest BCUT2D eigenvalue weighted by Gasteiger charge is -2.04. The number of pyridine rings is 2. The molecule has 0 aliphatic heterocycles. The van der Waals surface area contributed by atoms with Gasteiger partial charge >= 0.3 is 0 Å². The van der Waals surface area contributed by atoms with Crippen LogP contribution in [0.15, 0.2) is 97.3 Å². The Labute approximate surface area is 175 Å². The highest BCUT2D eigenvalue weighted by Gasteiger charge is 2.01. The highest BCUT2D eigenvalue weighted by molar-refractivity contribution is 5.93. The number of fused-ring (bicyclic) bond motifs is 2. The van der Waals surface area contributed by atoms with Crippen molar-refractivity contribution >= 4 is 45.8 Å². The third-order valence-corrected chi connectivity index (χ3v) is 5.25. The van der Waals surface area contributed by atoms with Crippen LogP contribution in [-0.2, 0) is 0 Å². The Morgan fingerprint density at radius 3 is 1.37 bits per heavy atom. The minimum atomic E-state index is 0.975. The molecule has 0 bridgehead atoms. The summed E-state index contributed by atoms with van der Waals surface area (Å²) in [6.07, 6.45) is 12.2. The van der Waals surface area contributed by atoms with Crippen LogP contribution in [0.25, 0.3) is 45.8 Å². The maximum Gasteiger partial charge on any atom is 0.0708 e. The number of benzene rings is 3. The van der Waals surface area contributed by atoms with Gasteiger partial charge in [-0.3, -0.25) is 9.97 Å². The largest absolute Gasteiger partial charge is 0.256 e. The summed E-state index contributed by atoms with van der Waals surface area (Å²) < 4.78 is 0. The van der Waals surface area contributed by atoms with Gasteiger partial charge in [0.05, 0.1) is 11.4 Å². The Kier molecular flexibility index (Phi) is 4.89. The lowest BCUT2D eigenvalue weighted by molar-refractivity contribution is 1.33. The topological polar surface area (TPSA) is 25.8 Å². The van der Waals surface area contributed by atoms with E-state index in [2.05, 4.69) is 107 Å². The van der Waals surface area contributed by atoms with Gasteiger partial charge in [-0.2, -0.15) is 0 Å². The fourth-order valence-electron chi connectivity index (χ4n) is 3.70. The van der Waals surface area contributed by atoms with E-state index >= 15 is 0 Å². The lowest BCUT2D eigenvalue weighted by Crippen LogP contribution is -1.85. The SMILES string of the molecule is C(=Cc1nccc2ccccc12)c1ccccc1C=Cc1nccc2ccccc12. The minimum absolute atomic E-state index is 0.975. The van der Waals surface area contributed by atoms with Crippen molar-refractivity contribution in [2.75, 3.05) is 0 Å². The standard InChI is InChI=1S/C28H20N2/c1-2-8-22(14-16-28-26-12-6-4-10-24(26)18-20-30-28)21(7-1)13-15-27-25-11-5-3-9-23(25)17-19-29-27/h1-20H. The molecule has 0 aliphatic carbocycles. The van der Waals surface area contributed by atoms with Crippen LogP contribution in [0.5, 0.6) is 0 Å². The molecule has 0 saturated carbocycles. The van der Waals surface area contributed by atoms with Crippen LogP contribution in [0.2, 0.25) is 0 Å². The number of nitrogens with zero attached hydrogens (tertiary/aromatic N) is 2. The van der Waals surface area contributed by atoms with E-state index in [-0.39, 0.29) is 0 Å². The molecule has 0 aliphatic rings. The van der Waals surface area contributed by atoms with Gasteiger partial charge < -0.3 is 0 Å². The molecule has 0 amide bonds. The third kappa shape index (κ3) is 3.63. The Hall–Kier alpha value is -4.04. The average molecular weight is 384 g/mol. The smallest absolute Gasteiger partial charge is 0.0708 e. The van der Waals surface area contributed by atoms with Gasteiger partial charge in [-0.05, 0) is 46.2 Å². The molecule has 0 unspecified atom stereocenters. The molecule has 2 heterocycles. The van der Waals surface area contributed by atoms with Crippen molar-refractivity contribution < 1.29 is 0 Å². The molecule has 5 aromatic rings. The molecule has 2 nitrogen and oxygen atoms in total. The zero-order valence-corrected chi connectivity index (χ0v) is 16.4. The second kappa shape index (κ2) is 8.14. The molecule has 2 heteroatoms. The maximum absolute atomic E-state index is 4.56. The first-order valence-electron chi connectivity index (χ1n) is 10.0. The zero-order valence-electron chi connectivity index (χ0n) is 16.4. The summed E-state index contributed by atoms with van der Waals surface area (Å²) in [5.74, 6) is 0. The van der Waals surface area contributed by atoms with Crippen LogP contribution in [0.1, 0.15) is 22.5 Å². The van der Waals surface area contributed by atoms with E-state index < -0.39 is 0 Å². The van der Waals surface area contributed by atoms with Gasteiger partial charge in [-0.25, -0.2) is 0 Å². The highest BCUT2D eigenvalue weighted by Crippen LogP contribution is 2.22. The Morgan fingerprint density at radius 2 is 0.867 bits per heavy atom. The van der Waals surface area contributed by atoms with Gasteiger partial charge in [0.1, 0.15) is 0 Å². The van der Waals surface area contributed by atoms with Crippen LogP contribution in [0, 0.1) is 0 Å². The molecule has 0 fully saturated rings. The molecule has 30 heavy (non-hydrogen) atoms. The summed E-state index contributed by atoms with van der Waals surface area (Å²) in [6.45, 7) is 0. The van der Waals surface area contributed by atoms with Crippen molar-refractivity contribution in [3.63, 3.8) is 0 Å². The quantitative estimate of drug-likeness (QED) is 0.329. The number of hydrogen-bond acceptors (Lipinski definition) is 2. The van der Waals surface area contributed by atoms with Crippen molar-refractivity contribution in [1.82, 2.24) is 9.97 Å². The monoisotopic (exact) mass is 384 g/mol. The molecule has 0 atom stereocenters. The van der Waals surface area contributed by atoms with Crippen molar-refractivity contribution in [3.8, 4) is 0 Å². The zero-order chi connectivity index (χ0) is 20.2. The third-order valence-electron chi connectivity index (χ3n) is 5.25. The summed E-state index contributed by atoms with van der Waals surface area (Å²) in [5, 5.41) is 4.71. The molecule has 0 saturated heterocycles. The summed E-state index contributed by atoms with van der Waals surface area (Å²) in [4.78, 5) is 9.13. The summed E-state index contributed by atoms with van der Waals surface area (Å²) >= 11 is 0. The Balaban J connectivity index is 1.50. The average Bonchev–Trinajstić information content (AvgIpc) is 2.82. The maximum atomic E-state index is 4.56. The molecule has 2 aromatic heterocycles. The van der Waals surface area contributed by atoms with Crippen molar-refractivity contribution in [2.24, 2.45) is 0 Å². The van der Waals surface area contributed by atoms with E-state index in [1.165, 1.54) is 10.8 Å². The normalized spacial score (nSPS) is 11.7. The van der Waals surface area contributed by atoms with Crippen molar-refractivity contribution in [2.45, 2.75) is 0 Å². The van der Waals surface area contributed by atoms with E-state index in [9.17, 15) is 0 Å². The molecule has 0 N–H and O–H groups in total. The molecular weight excluding hydrogens is 364 g/mol. The first kappa shape index (κ1) is 18.0. The van der Waals surface area contributed by atoms with Gasteiger partial charge in [-0.1, -0.05) is 84.9 Å². The van der Waals surface area contributed by atoms with Gasteiger partial charge in [-0.15, -0.1) is 0 Å². The van der Waals surface area contributed by atoms with Crippen LogP contribution >= 0.6 is 0 Å². The van der Waals surface area contributed by atoms with E-state index in [1.807, 2.05) is 24.5 Å². The van der Waals surface area contributed by atoms with Gasteiger partial charge in [0.15, 0.2) is 0 Å². The van der Waals surface area contributed by atoms with Gasteiger partial charge in [0, 0.05) is 23.2 Å². The molecular formula is C28H20N2. The molecule has 142 valence electrons. The Bertz CT molecular complexity index is 1280. The molecule has 3 aromatic carbocycles. The van der Waals surface area contributed by atoms with Crippen LogP contribution in [-0.4, -0.2) is 9.97 Å². The van der Waals surface area contributed by atoms with Crippen LogP contribution in [0.3, 0.4) is 0 Å². The van der Waals surface area contributed by atoms with Gasteiger partial charge in [0.2, 0.25) is 0 Å². The van der Waals surface area contributed by atoms with E-state index in [0.717, 1.165) is 33.3 Å².